The Labute approximate surface area is 126 Å². The van der Waals surface area contributed by atoms with E-state index in [-0.39, 0.29) is 0 Å². The lowest BCUT2D eigenvalue weighted by Gasteiger charge is -2.18. The van der Waals surface area contributed by atoms with Crippen LogP contribution in [0.15, 0.2) is 36.5 Å². The van der Waals surface area contributed by atoms with Gasteiger partial charge in [-0.15, -0.1) is 0 Å². The molecular formula is C16H22ClN3. The van der Waals surface area contributed by atoms with Crippen molar-refractivity contribution in [2.24, 2.45) is 7.05 Å². The first-order valence-corrected chi connectivity index (χ1v) is 7.52. The summed E-state index contributed by atoms with van der Waals surface area (Å²) in [6.45, 7) is 4.13. The molecule has 108 valence electrons. The molecule has 1 atom stereocenters. The van der Waals surface area contributed by atoms with Gasteiger partial charge in [0.25, 0.3) is 0 Å². The summed E-state index contributed by atoms with van der Waals surface area (Å²) < 4.78 is 1.85. The standard InChI is InChI=1S/C16H22ClN3/c1-3-9-18-12-13(11-14-8-10-20(2)19-14)15-6-4-5-7-16(15)17/h4-8,10,13,18H,3,9,11-12H2,1-2H3. The van der Waals surface area contributed by atoms with Crippen molar-refractivity contribution < 1.29 is 0 Å². The van der Waals surface area contributed by atoms with E-state index in [0.29, 0.717) is 5.92 Å². The number of benzene rings is 1. The maximum atomic E-state index is 6.35. The summed E-state index contributed by atoms with van der Waals surface area (Å²) >= 11 is 6.35. The summed E-state index contributed by atoms with van der Waals surface area (Å²) in [7, 11) is 1.95. The van der Waals surface area contributed by atoms with Crippen molar-refractivity contribution in [1.29, 1.82) is 0 Å². The van der Waals surface area contributed by atoms with Gasteiger partial charge >= 0.3 is 0 Å². The quantitative estimate of drug-likeness (QED) is 0.793. The highest BCUT2D eigenvalue weighted by atomic mass is 35.5. The SMILES string of the molecule is CCCNCC(Cc1ccn(C)n1)c1ccccc1Cl. The lowest BCUT2D eigenvalue weighted by atomic mass is 9.94. The minimum Gasteiger partial charge on any atom is -0.316 e. The summed E-state index contributed by atoms with van der Waals surface area (Å²) in [6.07, 6.45) is 4.03. The molecule has 0 saturated carbocycles. The van der Waals surface area contributed by atoms with E-state index in [9.17, 15) is 0 Å². The van der Waals surface area contributed by atoms with Gasteiger partial charge in [-0.05, 0) is 37.1 Å². The summed E-state index contributed by atoms with van der Waals surface area (Å²) in [5, 5.41) is 8.81. The fourth-order valence-electron chi connectivity index (χ4n) is 2.38. The molecule has 0 fully saturated rings. The number of aromatic nitrogens is 2. The van der Waals surface area contributed by atoms with E-state index in [2.05, 4.69) is 29.5 Å². The smallest absolute Gasteiger partial charge is 0.0631 e. The Morgan fingerprint density at radius 2 is 2.10 bits per heavy atom. The van der Waals surface area contributed by atoms with Gasteiger partial charge in [0.15, 0.2) is 0 Å². The van der Waals surface area contributed by atoms with Gasteiger partial charge in [-0.2, -0.15) is 5.10 Å². The van der Waals surface area contributed by atoms with Crippen LogP contribution in [-0.4, -0.2) is 22.9 Å². The molecule has 2 rings (SSSR count). The largest absolute Gasteiger partial charge is 0.316 e. The minimum absolute atomic E-state index is 0.352. The maximum Gasteiger partial charge on any atom is 0.0631 e. The molecule has 4 heteroatoms. The average Bonchev–Trinajstić information content (AvgIpc) is 2.84. The van der Waals surface area contributed by atoms with E-state index in [1.54, 1.807) is 0 Å². The molecule has 1 aromatic heterocycles. The lowest BCUT2D eigenvalue weighted by Crippen LogP contribution is -2.24. The van der Waals surface area contributed by atoms with Crippen LogP contribution in [0.2, 0.25) is 5.02 Å². The monoisotopic (exact) mass is 291 g/mol. The van der Waals surface area contributed by atoms with Crippen LogP contribution in [0.4, 0.5) is 0 Å². The highest BCUT2D eigenvalue weighted by Crippen LogP contribution is 2.26. The maximum absolute atomic E-state index is 6.35. The Morgan fingerprint density at radius 3 is 2.75 bits per heavy atom. The summed E-state index contributed by atoms with van der Waals surface area (Å²) in [5.41, 5.74) is 2.30. The first-order valence-electron chi connectivity index (χ1n) is 7.14. The molecule has 1 unspecified atom stereocenters. The van der Waals surface area contributed by atoms with Crippen LogP contribution in [0.5, 0.6) is 0 Å². The molecule has 0 bridgehead atoms. The van der Waals surface area contributed by atoms with Gasteiger partial charge in [-0.3, -0.25) is 4.68 Å². The minimum atomic E-state index is 0.352. The van der Waals surface area contributed by atoms with Gasteiger partial charge in [0.05, 0.1) is 5.69 Å². The van der Waals surface area contributed by atoms with E-state index in [1.165, 1.54) is 5.56 Å². The topological polar surface area (TPSA) is 29.9 Å². The normalized spacial score (nSPS) is 12.6. The van der Waals surface area contributed by atoms with Gasteiger partial charge < -0.3 is 5.32 Å². The van der Waals surface area contributed by atoms with Crippen LogP contribution in [0.25, 0.3) is 0 Å². The van der Waals surface area contributed by atoms with Crippen molar-refractivity contribution in [3.05, 3.63) is 52.8 Å². The zero-order valence-electron chi connectivity index (χ0n) is 12.1. The summed E-state index contributed by atoms with van der Waals surface area (Å²) in [6, 6.07) is 10.2. The van der Waals surface area contributed by atoms with Crippen molar-refractivity contribution in [2.75, 3.05) is 13.1 Å². The van der Waals surface area contributed by atoms with Gasteiger partial charge in [0.1, 0.15) is 0 Å². The van der Waals surface area contributed by atoms with Gasteiger partial charge in [-0.1, -0.05) is 36.7 Å². The van der Waals surface area contributed by atoms with Crippen LogP contribution < -0.4 is 5.32 Å². The number of nitrogens with one attached hydrogen (secondary N) is 1. The number of hydrogen-bond acceptors (Lipinski definition) is 2. The van der Waals surface area contributed by atoms with Crippen molar-refractivity contribution in [2.45, 2.75) is 25.7 Å². The van der Waals surface area contributed by atoms with E-state index in [0.717, 1.165) is 36.6 Å². The molecule has 20 heavy (non-hydrogen) atoms. The van der Waals surface area contributed by atoms with Crippen molar-refractivity contribution in [1.82, 2.24) is 15.1 Å². The predicted molar refractivity (Wildman–Crippen MR) is 84.3 cm³/mol. The molecule has 0 amide bonds. The average molecular weight is 292 g/mol. The van der Waals surface area contributed by atoms with Crippen LogP contribution in [0.3, 0.4) is 0 Å². The Kier molecular flexibility index (Phi) is 5.62. The Bertz CT molecular complexity index is 536. The van der Waals surface area contributed by atoms with E-state index in [1.807, 2.05) is 36.1 Å². The zero-order valence-corrected chi connectivity index (χ0v) is 12.9. The van der Waals surface area contributed by atoms with E-state index >= 15 is 0 Å². The van der Waals surface area contributed by atoms with Crippen LogP contribution in [-0.2, 0) is 13.5 Å². The fraction of sp³-hybridized carbons (Fsp3) is 0.438. The van der Waals surface area contributed by atoms with Gasteiger partial charge in [0.2, 0.25) is 0 Å². The second-order valence-electron chi connectivity index (χ2n) is 5.11. The molecule has 1 aromatic carbocycles. The first-order chi connectivity index (χ1) is 9.70. The highest BCUT2D eigenvalue weighted by Gasteiger charge is 2.16. The lowest BCUT2D eigenvalue weighted by molar-refractivity contribution is 0.568. The number of halogens is 1. The van der Waals surface area contributed by atoms with Crippen LogP contribution in [0.1, 0.15) is 30.5 Å². The number of nitrogens with zero attached hydrogens (tertiary/aromatic N) is 2. The molecule has 1 heterocycles. The second-order valence-corrected chi connectivity index (χ2v) is 5.51. The molecule has 3 nitrogen and oxygen atoms in total. The van der Waals surface area contributed by atoms with Crippen LogP contribution >= 0.6 is 11.6 Å². The molecule has 0 aliphatic carbocycles. The fourth-order valence-corrected chi connectivity index (χ4v) is 2.67. The number of aryl methyl sites for hydroxylation is 1. The first kappa shape index (κ1) is 15.1. The third-order valence-electron chi connectivity index (χ3n) is 3.39. The molecule has 0 aliphatic heterocycles. The Hall–Kier alpha value is -1.32. The number of hydrogen-bond donors (Lipinski definition) is 1. The zero-order chi connectivity index (χ0) is 14.4. The molecule has 2 aromatic rings. The molecule has 0 aliphatic rings. The van der Waals surface area contributed by atoms with Gasteiger partial charge in [-0.25, -0.2) is 0 Å². The second kappa shape index (κ2) is 7.46. The van der Waals surface area contributed by atoms with E-state index < -0.39 is 0 Å². The van der Waals surface area contributed by atoms with Gasteiger partial charge in [0, 0.05) is 30.7 Å². The Balaban J connectivity index is 2.13. The van der Waals surface area contributed by atoms with E-state index in [4.69, 9.17) is 11.6 Å². The summed E-state index contributed by atoms with van der Waals surface area (Å²) in [5.74, 6) is 0.352. The van der Waals surface area contributed by atoms with Crippen molar-refractivity contribution >= 4 is 11.6 Å². The summed E-state index contributed by atoms with van der Waals surface area (Å²) in [4.78, 5) is 0. The third kappa shape index (κ3) is 4.09. The molecule has 1 N–H and O–H groups in total. The molecule has 0 saturated heterocycles. The van der Waals surface area contributed by atoms with Crippen molar-refractivity contribution in [3.63, 3.8) is 0 Å². The van der Waals surface area contributed by atoms with Crippen LogP contribution in [0, 0.1) is 0 Å². The highest BCUT2D eigenvalue weighted by molar-refractivity contribution is 6.31. The number of rotatable bonds is 7. The molecular weight excluding hydrogens is 270 g/mol. The third-order valence-corrected chi connectivity index (χ3v) is 3.73. The van der Waals surface area contributed by atoms with Crippen molar-refractivity contribution in [3.8, 4) is 0 Å². The predicted octanol–water partition coefficient (Wildman–Crippen LogP) is 3.40. The molecule has 0 spiro atoms. The Morgan fingerprint density at radius 1 is 1.30 bits per heavy atom. The molecule has 0 radical (unpaired) electrons.